The van der Waals surface area contributed by atoms with Crippen molar-refractivity contribution >= 4 is 0 Å². The summed E-state index contributed by atoms with van der Waals surface area (Å²) < 4.78 is 0.812. The number of benzene rings is 1. The van der Waals surface area contributed by atoms with Crippen molar-refractivity contribution in [3.8, 4) is 17.2 Å². The molecule has 0 amide bonds. The first kappa shape index (κ1) is 9.22. The topological polar surface area (TPSA) is 47.9 Å². The summed E-state index contributed by atoms with van der Waals surface area (Å²) in [5.74, 6) is 0. The van der Waals surface area contributed by atoms with Gasteiger partial charge in [-0.25, -0.2) is 0 Å². The minimum absolute atomic E-state index is 0.219. The van der Waals surface area contributed by atoms with E-state index >= 15 is 0 Å². The van der Waals surface area contributed by atoms with Crippen LogP contribution in [-0.4, -0.2) is 5.21 Å². The van der Waals surface area contributed by atoms with Crippen LogP contribution in [0.15, 0.2) is 48.7 Å². The van der Waals surface area contributed by atoms with Crippen molar-refractivity contribution in [1.82, 2.24) is 0 Å². The number of rotatable bonds is 1. The summed E-state index contributed by atoms with van der Waals surface area (Å²) in [5, 5.41) is 18.0. The van der Waals surface area contributed by atoms with Crippen LogP contribution in [0, 0.1) is 11.3 Å². The molecule has 3 heteroatoms. The Kier molecular flexibility index (Phi) is 2.34. The van der Waals surface area contributed by atoms with Gasteiger partial charge in [0, 0.05) is 16.9 Å². The van der Waals surface area contributed by atoms with E-state index in [2.05, 4.69) is 0 Å². The number of hydrogen-bond acceptors (Lipinski definition) is 2. The molecule has 0 saturated heterocycles. The lowest BCUT2D eigenvalue weighted by molar-refractivity contribution is -0.906. The zero-order valence-electron chi connectivity index (χ0n) is 7.96. The minimum Gasteiger partial charge on any atom is -0.284 e. The van der Waals surface area contributed by atoms with E-state index in [1.165, 1.54) is 6.20 Å². The van der Waals surface area contributed by atoms with Gasteiger partial charge < -0.3 is 0 Å². The van der Waals surface area contributed by atoms with E-state index in [0.717, 1.165) is 15.9 Å². The average Bonchev–Trinajstić information content (AvgIpc) is 2.31. The first-order valence-corrected chi connectivity index (χ1v) is 4.52. The maximum absolute atomic E-state index is 9.28. The lowest BCUT2D eigenvalue weighted by Crippen LogP contribution is -2.33. The number of aromatic nitrogens is 1. The Hall–Kier alpha value is -2.34. The van der Waals surface area contributed by atoms with Gasteiger partial charge >= 0.3 is 5.69 Å². The van der Waals surface area contributed by atoms with Crippen LogP contribution in [0.3, 0.4) is 0 Å². The maximum atomic E-state index is 9.28. The summed E-state index contributed by atoms with van der Waals surface area (Å²) in [6.45, 7) is 0. The lowest BCUT2D eigenvalue weighted by atomic mass is 10.1. The third kappa shape index (κ3) is 1.79. The Labute approximate surface area is 87.4 Å². The van der Waals surface area contributed by atoms with Crippen LogP contribution in [0.5, 0.6) is 0 Å². The van der Waals surface area contributed by atoms with Crippen LogP contribution in [0.4, 0.5) is 0 Å². The Morgan fingerprint density at radius 1 is 1.07 bits per heavy atom. The molecule has 1 N–H and O–H groups in total. The fourth-order valence-corrected chi connectivity index (χ4v) is 1.39. The molecule has 1 aromatic heterocycles. The van der Waals surface area contributed by atoms with Gasteiger partial charge in [0.15, 0.2) is 6.07 Å². The Bertz CT molecular complexity index is 515. The van der Waals surface area contributed by atoms with Crippen LogP contribution in [0.2, 0.25) is 0 Å². The lowest BCUT2D eigenvalue weighted by Gasteiger charge is -1.98. The standard InChI is InChI=1S/C12H9N2O/c13-9-12-8-11(6-7-14(12)15)10-4-2-1-3-5-10/h1-8,15H/q+1. The van der Waals surface area contributed by atoms with E-state index in [4.69, 9.17) is 5.26 Å². The highest BCUT2D eigenvalue weighted by Crippen LogP contribution is 2.17. The normalized spacial score (nSPS) is 9.53. The maximum Gasteiger partial charge on any atom is 0.333 e. The molecule has 72 valence electrons. The van der Waals surface area contributed by atoms with Crippen molar-refractivity contribution in [1.29, 1.82) is 5.26 Å². The quantitative estimate of drug-likeness (QED) is 0.559. The van der Waals surface area contributed by atoms with Crippen molar-refractivity contribution in [3.63, 3.8) is 0 Å². The van der Waals surface area contributed by atoms with Gasteiger partial charge in [0.05, 0.1) is 0 Å². The largest absolute Gasteiger partial charge is 0.333 e. The summed E-state index contributed by atoms with van der Waals surface area (Å²) >= 11 is 0. The van der Waals surface area contributed by atoms with Gasteiger partial charge in [-0.3, -0.25) is 5.21 Å². The Balaban J connectivity index is 2.52. The number of nitriles is 1. The third-order valence-corrected chi connectivity index (χ3v) is 2.16. The van der Waals surface area contributed by atoms with Crippen LogP contribution in [0.25, 0.3) is 11.1 Å². The Morgan fingerprint density at radius 2 is 1.80 bits per heavy atom. The molecule has 0 fully saturated rings. The number of nitrogens with zero attached hydrogens (tertiary/aromatic N) is 2. The molecule has 0 bridgehead atoms. The van der Waals surface area contributed by atoms with E-state index in [1.54, 1.807) is 12.1 Å². The predicted molar refractivity (Wildman–Crippen MR) is 54.0 cm³/mol. The van der Waals surface area contributed by atoms with Crippen molar-refractivity contribution in [2.24, 2.45) is 0 Å². The van der Waals surface area contributed by atoms with E-state index in [9.17, 15) is 5.21 Å². The molecule has 2 rings (SSSR count). The molecule has 0 aliphatic heterocycles. The first-order valence-electron chi connectivity index (χ1n) is 4.52. The van der Waals surface area contributed by atoms with Crippen LogP contribution in [0.1, 0.15) is 5.69 Å². The minimum atomic E-state index is 0.219. The second kappa shape index (κ2) is 3.81. The van der Waals surface area contributed by atoms with Crippen LogP contribution < -0.4 is 4.73 Å². The molecule has 0 saturated carbocycles. The second-order valence-corrected chi connectivity index (χ2v) is 3.12. The van der Waals surface area contributed by atoms with E-state index in [1.807, 2.05) is 36.4 Å². The summed E-state index contributed by atoms with van der Waals surface area (Å²) in [6.07, 6.45) is 1.46. The van der Waals surface area contributed by atoms with Gasteiger partial charge in [0.1, 0.15) is 0 Å². The van der Waals surface area contributed by atoms with Gasteiger partial charge in [-0.2, -0.15) is 5.26 Å². The van der Waals surface area contributed by atoms with Gasteiger partial charge in [-0.05, 0) is 11.1 Å². The molecular weight excluding hydrogens is 188 g/mol. The van der Waals surface area contributed by atoms with Crippen molar-refractivity contribution in [2.45, 2.75) is 0 Å². The number of hydrogen-bond donors (Lipinski definition) is 1. The molecule has 1 aromatic carbocycles. The fraction of sp³-hybridized carbons (Fsp3) is 0. The zero-order chi connectivity index (χ0) is 10.7. The molecule has 0 aliphatic rings. The van der Waals surface area contributed by atoms with Crippen molar-refractivity contribution in [3.05, 3.63) is 54.4 Å². The van der Waals surface area contributed by atoms with Crippen molar-refractivity contribution in [2.75, 3.05) is 0 Å². The first-order chi connectivity index (χ1) is 7.31. The Morgan fingerprint density at radius 3 is 2.47 bits per heavy atom. The summed E-state index contributed by atoms with van der Waals surface area (Å²) in [5.41, 5.74) is 2.16. The van der Waals surface area contributed by atoms with Crippen LogP contribution >= 0.6 is 0 Å². The highest BCUT2D eigenvalue weighted by molar-refractivity contribution is 5.63. The average molecular weight is 197 g/mol. The van der Waals surface area contributed by atoms with E-state index in [-0.39, 0.29) is 5.69 Å². The molecule has 1 heterocycles. The van der Waals surface area contributed by atoms with Gasteiger partial charge in [0.25, 0.3) is 0 Å². The monoisotopic (exact) mass is 197 g/mol. The van der Waals surface area contributed by atoms with Gasteiger partial charge in [0.2, 0.25) is 6.20 Å². The molecular formula is C12H9N2O+. The molecule has 0 atom stereocenters. The van der Waals surface area contributed by atoms with E-state index in [0.29, 0.717) is 0 Å². The zero-order valence-corrected chi connectivity index (χ0v) is 7.96. The molecule has 15 heavy (non-hydrogen) atoms. The molecule has 2 aromatic rings. The fourth-order valence-electron chi connectivity index (χ4n) is 1.39. The van der Waals surface area contributed by atoms with Crippen LogP contribution in [-0.2, 0) is 0 Å². The molecule has 0 radical (unpaired) electrons. The molecule has 0 spiro atoms. The molecule has 3 nitrogen and oxygen atoms in total. The molecule has 0 aliphatic carbocycles. The van der Waals surface area contributed by atoms with Gasteiger partial charge in [-0.15, -0.1) is 0 Å². The summed E-state index contributed by atoms with van der Waals surface area (Å²) in [6, 6.07) is 15.0. The number of pyridine rings is 1. The SMILES string of the molecule is N#Cc1cc(-c2ccccc2)cc[n+]1O. The second-order valence-electron chi connectivity index (χ2n) is 3.12. The highest BCUT2D eigenvalue weighted by Gasteiger charge is 2.10. The summed E-state index contributed by atoms with van der Waals surface area (Å²) in [7, 11) is 0. The van der Waals surface area contributed by atoms with Gasteiger partial charge in [-0.1, -0.05) is 30.3 Å². The van der Waals surface area contributed by atoms with E-state index < -0.39 is 0 Å². The highest BCUT2D eigenvalue weighted by atomic mass is 16.5. The molecule has 0 unspecified atom stereocenters. The predicted octanol–water partition coefficient (Wildman–Crippen LogP) is 1.75. The third-order valence-electron chi connectivity index (χ3n) is 2.16. The summed E-state index contributed by atoms with van der Waals surface area (Å²) in [4.78, 5) is 0. The van der Waals surface area contributed by atoms with Crippen molar-refractivity contribution < 1.29 is 9.94 Å². The smallest absolute Gasteiger partial charge is 0.284 e.